The van der Waals surface area contributed by atoms with E-state index < -0.39 is 5.60 Å². The molecule has 2 atom stereocenters. The van der Waals surface area contributed by atoms with Crippen LogP contribution < -0.4 is 14.2 Å². The van der Waals surface area contributed by atoms with Crippen molar-refractivity contribution in [3.8, 4) is 17.2 Å². The number of benzene rings is 3. The molecular formula is C33H41NO4. The molecule has 0 N–H and O–H groups in total. The molecule has 0 radical (unpaired) electrons. The van der Waals surface area contributed by atoms with Crippen molar-refractivity contribution in [2.45, 2.75) is 63.9 Å². The quantitative estimate of drug-likeness (QED) is 0.253. The molecule has 202 valence electrons. The Hall–Kier alpha value is -3.47. The first-order valence-electron chi connectivity index (χ1n) is 13.7. The lowest BCUT2D eigenvalue weighted by Gasteiger charge is -2.45. The number of methoxy groups -OCH3 is 1. The van der Waals surface area contributed by atoms with Gasteiger partial charge in [-0.2, -0.15) is 0 Å². The molecule has 0 saturated carbocycles. The van der Waals surface area contributed by atoms with E-state index in [-0.39, 0.29) is 17.7 Å². The Bertz CT molecular complexity index is 1190. The molecule has 0 fully saturated rings. The lowest BCUT2D eigenvalue weighted by molar-refractivity contribution is -0.130. The van der Waals surface area contributed by atoms with Gasteiger partial charge in [0.1, 0.15) is 22.8 Å². The lowest BCUT2D eigenvalue weighted by atomic mass is 9.68. The third-order valence-electron chi connectivity index (χ3n) is 7.49. The number of carbonyl (C=O) groups is 1. The number of ether oxygens (including phenoxy) is 3. The summed E-state index contributed by atoms with van der Waals surface area (Å²) in [6.07, 6.45) is 3.34. The van der Waals surface area contributed by atoms with Crippen LogP contribution in [0.4, 0.5) is 0 Å². The number of hydrogen-bond acceptors (Lipinski definition) is 4. The minimum atomic E-state index is -0.433. The van der Waals surface area contributed by atoms with Crippen molar-refractivity contribution < 1.29 is 19.0 Å². The zero-order valence-corrected chi connectivity index (χ0v) is 23.4. The second kappa shape index (κ2) is 12.4. The highest BCUT2D eigenvalue weighted by Crippen LogP contribution is 2.53. The summed E-state index contributed by atoms with van der Waals surface area (Å²) >= 11 is 0. The maximum Gasteiger partial charge on any atom is 0.222 e. The van der Waals surface area contributed by atoms with Gasteiger partial charge in [0, 0.05) is 43.5 Å². The van der Waals surface area contributed by atoms with Crippen LogP contribution in [0.2, 0.25) is 0 Å². The summed E-state index contributed by atoms with van der Waals surface area (Å²) < 4.78 is 18.1. The van der Waals surface area contributed by atoms with Gasteiger partial charge < -0.3 is 19.1 Å². The van der Waals surface area contributed by atoms with Crippen LogP contribution in [0.25, 0.3) is 0 Å². The summed E-state index contributed by atoms with van der Waals surface area (Å²) in [5.41, 5.74) is 3.18. The molecule has 0 aliphatic carbocycles. The van der Waals surface area contributed by atoms with Crippen molar-refractivity contribution in [1.29, 1.82) is 0 Å². The van der Waals surface area contributed by atoms with E-state index in [0.29, 0.717) is 19.4 Å². The van der Waals surface area contributed by atoms with Gasteiger partial charge >= 0.3 is 0 Å². The molecule has 0 bridgehead atoms. The third kappa shape index (κ3) is 6.32. The van der Waals surface area contributed by atoms with E-state index in [1.165, 1.54) is 11.1 Å². The molecule has 5 nitrogen and oxygen atoms in total. The van der Waals surface area contributed by atoms with Gasteiger partial charge in [-0.15, -0.1) is 0 Å². The highest BCUT2D eigenvalue weighted by Gasteiger charge is 2.45. The second-order valence-electron chi connectivity index (χ2n) is 10.7. The standard InChI is InChI=1S/C33H41NO4/c1-6-7-21-34(4)30(35)14-11-22-37-26-17-15-24(16-18-26)31-28-20-19-27(36-5)23-29(28)38-33(2,3)32(31)25-12-9-8-10-13-25/h8-10,12-13,15-20,23,31-32H,6-7,11,14,21-22H2,1-5H3/t31-,32+/m0/s1. The van der Waals surface area contributed by atoms with E-state index in [9.17, 15) is 4.79 Å². The Morgan fingerprint density at radius 1 is 0.947 bits per heavy atom. The fraction of sp³-hybridized carbons (Fsp3) is 0.424. The minimum absolute atomic E-state index is 0.104. The SMILES string of the molecule is CCCCN(C)C(=O)CCCOc1ccc([C@H]2c3ccc(OC)cc3OC(C)(C)[C@@H]2c2ccccc2)cc1. The Labute approximate surface area is 227 Å². The molecule has 1 aliphatic rings. The van der Waals surface area contributed by atoms with Gasteiger partial charge in [-0.05, 0) is 56.0 Å². The summed E-state index contributed by atoms with van der Waals surface area (Å²) in [6, 6.07) is 25.1. The van der Waals surface area contributed by atoms with Crippen LogP contribution in [0.5, 0.6) is 17.2 Å². The first-order chi connectivity index (χ1) is 18.3. The van der Waals surface area contributed by atoms with Crippen molar-refractivity contribution in [2.75, 3.05) is 27.3 Å². The number of amides is 1. The predicted molar refractivity (Wildman–Crippen MR) is 152 cm³/mol. The van der Waals surface area contributed by atoms with Crippen LogP contribution in [0.3, 0.4) is 0 Å². The molecule has 1 amide bonds. The molecule has 0 unspecified atom stereocenters. The monoisotopic (exact) mass is 515 g/mol. The highest BCUT2D eigenvalue weighted by molar-refractivity contribution is 5.75. The van der Waals surface area contributed by atoms with Crippen LogP contribution in [-0.2, 0) is 4.79 Å². The summed E-state index contributed by atoms with van der Waals surface area (Å²) in [5.74, 6) is 2.87. The van der Waals surface area contributed by atoms with Crippen molar-refractivity contribution in [3.05, 3.63) is 89.5 Å². The summed E-state index contributed by atoms with van der Waals surface area (Å²) in [5, 5.41) is 0. The Kier molecular flexibility index (Phi) is 8.98. The van der Waals surface area contributed by atoms with Crippen LogP contribution >= 0.6 is 0 Å². The van der Waals surface area contributed by atoms with Gasteiger partial charge in [0.25, 0.3) is 0 Å². The maximum atomic E-state index is 12.3. The highest BCUT2D eigenvalue weighted by atomic mass is 16.5. The zero-order chi connectivity index (χ0) is 27.1. The van der Waals surface area contributed by atoms with Gasteiger partial charge in [-0.25, -0.2) is 0 Å². The van der Waals surface area contributed by atoms with Crippen molar-refractivity contribution in [3.63, 3.8) is 0 Å². The topological polar surface area (TPSA) is 48.0 Å². The third-order valence-corrected chi connectivity index (χ3v) is 7.49. The number of unbranched alkanes of at least 4 members (excludes halogenated alkanes) is 1. The van der Waals surface area contributed by atoms with Crippen LogP contribution in [0, 0.1) is 0 Å². The predicted octanol–water partition coefficient (Wildman–Crippen LogP) is 7.20. The number of hydrogen-bond donors (Lipinski definition) is 0. The number of carbonyl (C=O) groups excluding carboxylic acids is 1. The molecule has 5 heteroatoms. The maximum absolute atomic E-state index is 12.3. The van der Waals surface area contributed by atoms with Crippen molar-refractivity contribution >= 4 is 5.91 Å². The van der Waals surface area contributed by atoms with E-state index in [4.69, 9.17) is 14.2 Å². The first kappa shape index (κ1) is 27.6. The number of nitrogens with zero attached hydrogens (tertiary/aromatic N) is 1. The van der Waals surface area contributed by atoms with Gasteiger partial charge in [-0.3, -0.25) is 4.79 Å². The fourth-order valence-corrected chi connectivity index (χ4v) is 5.44. The van der Waals surface area contributed by atoms with Crippen LogP contribution in [-0.4, -0.2) is 43.7 Å². The number of rotatable bonds is 11. The summed E-state index contributed by atoms with van der Waals surface area (Å²) in [4.78, 5) is 14.1. The van der Waals surface area contributed by atoms with E-state index in [1.807, 2.05) is 36.2 Å². The minimum Gasteiger partial charge on any atom is -0.497 e. The molecule has 3 aromatic rings. The molecule has 0 saturated heterocycles. The molecule has 38 heavy (non-hydrogen) atoms. The fourth-order valence-electron chi connectivity index (χ4n) is 5.44. The van der Waals surface area contributed by atoms with Crippen molar-refractivity contribution in [2.24, 2.45) is 0 Å². The van der Waals surface area contributed by atoms with Crippen molar-refractivity contribution in [1.82, 2.24) is 4.90 Å². The average Bonchev–Trinajstić information content (AvgIpc) is 2.93. The zero-order valence-electron chi connectivity index (χ0n) is 23.4. The normalized spacial score (nSPS) is 17.7. The molecule has 4 rings (SSSR count). The van der Waals surface area contributed by atoms with E-state index in [0.717, 1.165) is 42.2 Å². The Balaban J connectivity index is 1.52. The smallest absolute Gasteiger partial charge is 0.222 e. The lowest BCUT2D eigenvalue weighted by Crippen LogP contribution is -2.43. The molecule has 3 aromatic carbocycles. The molecular weight excluding hydrogens is 474 g/mol. The molecule has 1 heterocycles. The van der Waals surface area contributed by atoms with Gasteiger partial charge in [-0.1, -0.05) is 61.9 Å². The largest absolute Gasteiger partial charge is 0.497 e. The van der Waals surface area contributed by atoms with Crippen LogP contribution in [0.15, 0.2) is 72.8 Å². The number of fused-ring (bicyclic) bond motifs is 1. The van der Waals surface area contributed by atoms with E-state index in [2.05, 4.69) is 69.3 Å². The summed E-state index contributed by atoms with van der Waals surface area (Å²) in [6.45, 7) is 7.81. The Morgan fingerprint density at radius 3 is 2.34 bits per heavy atom. The Morgan fingerprint density at radius 2 is 1.66 bits per heavy atom. The van der Waals surface area contributed by atoms with E-state index >= 15 is 0 Å². The van der Waals surface area contributed by atoms with Gasteiger partial charge in [0.2, 0.25) is 5.91 Å². The van der Waals surface area contributed by atoms with Crippen LogP contribution in [0.1, 0.15) is 75.0 Å². The molecule has 1 aliphatic heterocycles. The second-order valence-corrected chi connectivity index (χ2v) is 10.7. The molecule has 0 spiro atoms. The first-order valence-corrected chi connectivity index (χ1v) is 13.7. The van der Waals surface area contributed by atoms with E-state index in [1.54, 1.807) is 7.11 Å². The molecule has 0 aromatic heterocycles. The summed E-state index contributed by atoms with van der Waals surface area (Å²) in [7, 11) is 3.56. The van der Waals surface area contributed by atoms with Gasteiger partial charge in [0.15, 0.2) is 0 Å². The van der Waals surface area contributed by atoms with Gasteiger partial charge in [0.05, 0.1) is 13.7 Å². The average molecular weight is 516 g/mol.